The van der Waals surface area contributed by atoms with Gasteiger partial charge in [-0.25, -0.2) is 27.5 Å². The van der Waals surface area contributed by atoms with E-state index in [1.54, 1.807) is 26.1 Å². The zero-order valence-corrected chi connectivity index (χ0v) is 16.6. The van der Waals surface area contributed by atoms with E-state index in [9.17, 15) is 17.6 Å². The predicted molar refractivity (Wildman–Crippen MR) is 102 cm³/mol. The van der Waals surface area contributed by atoms with Crippen LogP contribution in [0.4, 0.5) is 4.39 Å². The van der Waals surface area contributed by atoms with Crippen molar-refractivity contribution in [1.82, 2.24) is 19.3 Å². The molecule has 0 radical (unpaired) electrons. The number of pyridine rings is 1. The van der Waals surface area contributed by atoms with E-state index >= 15 is 0 Å². The number of imidazole rings is 1. The van der Waals surface area contributed by atoms with Crippen molar-refractivity contribution in [2.24, 2.45) is 7.05 Å². The first-order chi connectivity index (χ1) is 13.2. The smallest absolute Gasteiger partial charge is 0.285 e. The molecule has 0 fully saturated rings. The number of aryl methyl sites for hydroxylation is 2. The number of halogens is 2. The van der Waals surface area contributed by atoms with E-state index in [1.807, 2.05) is 4.72 Å². The number of nitrogens with one attached hydrogen (secondary N) is 1. The van der Waals surface area contributed by atoms with Crippen molar-refractivity contribution in [1.29, 1.82) is 0 Å². The summed E-state index contributed by atoms with van der Waals surface area (Å²) in [6.07, 6.45) is 3.13. The normalized spacial score (nSPS) is 11.4. The van der Waals surface area contributed by atoms with E-state index in [2.05, 4.69) is 9.97 Å². The van der Waals surface area contributed by atoms with Crippen LogP contribution in [0.2, 0.25) is 5.02 Å². The summed E-state index contributed by atoms with van der Waals surface area (Å²) in [5, 5.41) is 0.232. The summed E-state index contributed by atoms with van der Waals surface area (Å²) in [6.45, 7) is 1.79. The Labute approximate surface area is 166 Å². The molecule has 10 heteroatoms. The lowest BCUT2D eigenvalue weighted by molar-refractivity contribution is 0.0977. The highest BCUT2D eigenvalue weighted by Crippen LogP contribution is 2.22. The summed E-state index contributed by atoms with van der Waals surface area (Å²) < 4.78 is 42.7. The van der Waals surface area contributed by atoms with Gasteiger partial charge in [-0.15, -0.1) is 0 Å². The van der Waals surface area contributed by atoms with Crippen molar-refractivity contribution in [2.45, 2.75) is 18.2 Å². The molecule has 1 amide bonds. The molecule has 0 aliphatic heterocycles. The number of hydrogen-bond acceptors (Lipinski definition) is 5. The first-order valence-corrected chi connectivity index (χ1v) is 10.1. The van der Waals surface area contributed by atoms with Crippen LogP contribution in [0.25, 0.3) is 11.5 Å². The molecule has 146 valence electrons. The van der Waals surface area contributed by atoms with Crippen LogP contribution in [0.3, 0.4) is 0 Å². The summed E-state index contributed by atoms with van der Waals surface area (Å²) in [4.78, 5) is 20.4. The molecule has 3 rings (SSSR count). The first kappa shape index (κ1) is 20.0. The minimum Gasteiger partial charge on any atom is -0.332 e. The highest BCUT2D eigenvalue weighted by Gasteiger charge is 2.24. The van der Waals surface area contributed by atoms with Gasteiger partial charge in [0.1, 0.15) is 11.4 Å². The van der Waals surface area contributed by atoms with E-state index in [1.165, 1.54) is 35.2 Å². The minimum atomic E-state index is -4.17. The molecule has 2 aromatic heterocycles. The number of sulfonamides is 1. The highest BCUT2D eigenvalue weighted by atomic mass is 35.5. The number of nitrogens with zero attached hydrogens (tertiary/aromatic N) is 3. The van der Waals surface area contributed by atoms with Gasteiger partial charge in [-0.2, -0.15) is 0 Å². The number of amides is 1. The quantitative estimate of drug-likeness (QED) is 0.682. The fourth-order valence-electron chi connectivity index (χ4n) is 2.65. The van der Waals surface area contributed by atoms with E-state index in [-0.39, 0.29) is 27.1 Å². The Morgan fingerprint density at radius 2 is 2.07 bits per heavy atom. The Kier molecular flexibility index (Phi) is 5.48. The minimum absolute atomic E-state index is 0.0463. The maximum atomic E-state index is 14.0. The molecule has 0 saturated carbocycles. The van der Waals surface area contributed by atoms with Crippen molar-refractivity contribution in [3.63, 3.8) is 0 Å². The molecule has 0 atom stereocenters. The fourth-order valence-corrected chi connectivity index (χ4v) is 4.18. The monoisotopic (exact) mass is 422 g/mol. The van der Waals surface area contributed by atoms with Gasteiger partial charge in [0, 0.05) is 24.5 Å². The van der Waals surface area contributed by atoms with Crippen LogP contribution in [0, 0.1) is 5.82 Å². The maximum absolute atomic E-state index is 14.0. The molecule has 3 aromatic rings. The lowest BCUT2D eigenvalue weighted by atomic mass is 10.2. The van der Waals surface area contributed by atoms with Gasteiger partial charge in [0.25, 0.3) is 15.9 Å². The Morgan fingerprint density at radius 3 is 2.75 bits per heavy atom. The van der Waals surface area contributed by atoms with Crippen LogP contribution < -0.4 is 4.72 Å². The summed E-state index contributed by atoms with van der Waals surface area (Å²) in [5.74, 6) is -1.46. The second-order valence-corrected chi connectivity index (χ2v) is 8.02. The molecule has 0 spiro atoms. The highest BCUT2D eigenvalue weighted by molar-refractivity contribution is 7.90. The Hall–Kier alpha value is -2.78. The number of carbonyl (C=O) groups is 1. The fraction of sp³-hybridized carbons (Fsp3) is 0.167. The van der Waals surface area contributed by atoms with Crippen molar-refractivity contribution < 1.29 is 17.6 Å². The molecule has 0 unspecified atom stereocenters. The van der Waals surface area contributed by atoms with Gasteiger partial charge in [-0.05, 0) is 36.2 Å². The maximum Gasteiger partial charge on any atom is 0.285 e. The summed E-state index contributed by atoms with van der Waals surface area (Å²) in [6, 6.07) is 7.09. The van der Waals surface area contributed by atoms with Crippen molar-refractivity contribution >= 4 is 27.5 Å². The zero-order chi connectivity index (χ0) is 20.5. The average molecular weight is 423 g/mol. The third-order valence-corrected chi connectivity index (χ3v) is 5.65. The largest absolute Gasteiger partial charge is 0.332 e. The zero-order valence-electron chi connectivity index (χ0n) is 15.0. The van der Waals surface area contributed by atoms with Gasteiger partial charge in [-0.1, -0.05) is 24.6 Å². The lowest BCUT2D eigenvalue weighted by Crippen LogP contribution is -2.31. The first-order valence-electron chi connectivity index (χ1n) is 8.22. The molecule has 1 N–H and O–H groups in total. The van der Waals surface area contributed by atoms with Crippen LogP contribution in [-0.2, 0) is 23.5 Å². The second-order valence-electron chi connectivity index (χ2n) is 5.93. The standard InChI is InChI=1S/C18H16ClFN4O3S/c1-3-11-6-7-12(19)9-15(11)28(26,27)23-18(25)14-10-24(2)17(22-14)16-13(20)5-4-8-21-16/h4-10H,3H2,1-2H3,(H,23,25). The Bertz CT molecular complexity index is 1160. The Morgan fingerprint density at radius 1 is 1.32 bits per heavy atom. The molecule has 1 aromatic carbocycles. The summed E-state index contributed by atoms with van der Waals surface area (Å²) in [7, 11) is -2.62. The number of carbonyl (C=O) groups excluding carboxylic acids is 1. The van der Waals surface area contributed by atoms with Gasteiger partial charge in [0.2, 0.25) is 0 Å². The van der Waals surface area contributed by atoms with Gasteiger partial charge in [0.05, 0.1) is 4.90 Å². The van der Waals surface area contributed by atoms with Crippen LogP contribution in [0.15, 0.2) is 47.6 Å². The van der Waals surface area contributed by atoms with E-state index < -0.39 is 21.7 Å². The van der Waals surface area contributed by atoms with Gasteiger partial charge >= 0.3 is 0 Å². The molecule has 0 saturated heterocycles. The van der Waals surface area contributed by atoms with Gasteiger partial charge < -0.3 is 4.57 Å². The van der Waals surface area contributed by atoms with Crippen LogP contribution in [0.5, 0.6) is 0 Å². The van der Waals surface area contributed by atoms with Crippen molar-refractivity contribution in [2.75, 3.05) is 0 Å². The molecule has 7 nitrogen and oxygen atoms in total. The van der Waals surface area contributed by atoms with Crippen molar-refractivity contribution in [3.8, 4) is 11.5 Å². The van der Waals surface area contributed by atoms with Crippen LogP contribution >= 0.6 is 11.6 Å². The number of rotatable bonds is 5. The number of hydrogen-bond donors (Lipinski definition) is 1. The second kappa shape index (κ2) is 7.69. The third kappa shape index (κ3) is 3.90. The molecular weight excluding hydrogens is 407 g/mol. The molecule has 0 bridgehead atoms. The summed E-state index contributed by atoms with van der Waals surface area (Å²) >= 11 is 5.90. The summed E-state index contributed by atoms with van der Waals surface area (Å²) in [5.41, 5.74) is 0.281. The number of aromatic nitrogens is 3. The van der Waals surface area contributed by atoms with E-state index in [4.69, 9.17) is 11.6 Å². The number of benzene rings is 1. The molecule has 28 heavy (non-hydrogen) atoms. The molecule has 0 aliphatic rings. The molecule has 0 aliphatic carbocycles. The topological polar surface area (TPSA) is 94.0 Å². The lowest BCUT2D eigenvalue weighted by Gasteiger charge is -2.10. The van der Waals surface area contributed by atoms with Gasteiger partial charge in [-0.3, -0.25) is 4.79 Å². The predicted octanol–water partition coefficient (Wildman–Crippen LogP) is 2.96. The third-order valence-electron chi connectivity index (χ3n) is 4.01. The molecule has 2 heterocycles. The van der Waals surface area contributed by atoms with Gasteiger partial charge in [0.15, 0.2) is 11.6 Å². The average Bonchev–Trinajstić information content (AvgIpc) is 3.03. The van der Waals surface area contributed by atoms with Crippen LogP contribution in [-0.4, -0.2) is 28.9 Å². The van der Waals surface area contributed by atoms with Crippen molar-refractivity contribution in [3.05, 3.63) is 64.8 Å². The van der Waals surface area contributed by atoms with E-state index in [0.29, 0.717) is 12.0 Å². The van der Waals surface area contributed by atoms with E-state index in [0.717, 1.165) is 0 Å². The molecular formula is C18H16ClFN4O3S. The Balaban J connectivity index is 1.93. The SMILES string of the molecule is CCc1ccc(Cl)cc1S(=O)(=O)NC(=O)c1cn(C)c(-c2ncccc2F)n1. The van der Waals surface area contributed by atoms with Crippen LogP contribution in [0.1, 0.15) is 23.0 Å².